The molecular formula is C12H17NO3S2. The fraction of sp³-hybridized carbons (Fsp3) is 0.500. The number of phenols is 1. The lowest BCUT2D eigenvalue weighted by atomic mass is 10.3. The van der Waals surface area contributed by atoms with Crippen molar-refractivity contribution in [3.8, 4) is 5.75 Å². The molecular weight excluding hydrogens is 270 g/mol. The third-order valence-electron chi connectivity index (χ3n) is 3.21. The minimum absolute atomic E-state index is 0.0128. The second-order valence-corrected chi connectivity index (χ2v) is 7.22. The van der Waals surface area contributed by atoms with Crippen LogP contribution in [0.1, 0.15) is 19.3 Å². The van der Waals surface area contributed by atoms with Crippen LogP contribution in [0.4, 0.5) is 0 Å². The van der Waals surface area contributed by atoms with Gasteiger partial charge in [0.15, 0.2) is 0 Å². The second-order valence-electron chi connectivity index (χ2n) is 4.43. The lowest BCUT2D eigenvalue weighted by Gasteiger charge is -2.19. The molecule has 2 atom stereocenters. The Labute approximate surface area is 112 Å². The average molecular weight is 287 g/mol. The fourth-order valence-electron chi connectivity index (χ4n) is 2.24. The van der Waals surface area contributed by atoms with Crippen molar-refractivity contribution in [1.82, 2.24) is 4.72 Å². The van der Waals surface area contributed by atoms with Gasteiger partial charge in [-0.2, -0.15) is 11.8 Å². The summed E-state index contributed by atoms with van der Waals surface area (Å²) in [4.78, 5) is 0.201. The summed E-state index contributed by atoms with van der Waals surface area (Å²) < 4.78 is 27.1. The number of thioether (sulfide) groups is 1. The van der Waals surface area contributed by atoms with Crippen LogP contribution >= 0.6 is 11.8 Å². The maximum atomic E-state index is 12.2. The second kappa shape index (κ2) is 5.50. The third-order valence-corrected chi connectivity index (χ3v) is 5.88. The molecule has 1 fully saturated rings. The fourth-order valence-corrected chi connectivity index (χ4v) is 4.57. The lowest BCUT2D eigenvalue weighted by molar-refractivity contribution is 0.474. The van der Waals surface area contributed by atoms with Gasteiger partial charge in [0.2, 0.25) is 10.0 Å². The molecule has 2 N–H and O–H groups in total. The monoisotopic (exact) mass is 287 g/mol. The van der Waals surface area contributed by atoms with E-state index in [-0.39, 0.29) is 16.7 Å². The van der Waals surface area contributed by atoms with Gasteiger partial charge >= 0.3 is 0 Å². The van der Waals surface area contributed by atoms with E-state index in [2.05, 4.69) is 4.72 Å². The number of rotatable bonds is 4. The third kappa shape index (κ3) is 2.99. The highest BCUT2D eigenvalue weighted by atomic mass is 32.2. The average Bonchev–Trinajstić information content (AvgIpc) is 2.76. The molecule has 100 valence electrons. The topological polar surface area (TPSA) is 66.4 Å². The van der Waals surface area contributed by atoms with Crippen LogP contribution in [0.5, 0.6) is 5.75 Å². The maximum Gasteiger partial charge on any atom is 0.240 e. The Kier molecular flexibility index (Phi) is 4.19. The number of nitrogens with one attached hydrogen (secondary N) is 1. The molecule has 0 saturated heterocycles. The summed E-state index contributed by atoms with van der Waals surface area (Å²) in [6.45, 7) is 0. The van der Waals surface area contributed by atoms with Crippen molar-refractivity contribution >= 4 is 21.8 Å². The summed E-state index contributed by atoms with van der Waals surface area (Å²) in [7, 11) is -3.48. The van der Waals surface area contributed by atoms with Gasteiger partial charge in [-0.1, -0.05) is 6.42 Å². The quantitative estimate of drug-likeness (QED) is 0.888. The molecule has 1 aromatic rings. The van der Waals surface area contributed by atoms with Crippen molar-refractivity contribution in [1.29, 1.82) is 0 Å². The van der Waals surface area contributed by atoms with Gasteiger partial charge in [0.05, 0.1) is 4.90 Å². The molecule has 4 nitrogen and oxygen atoms in total. The number of benzene rings is 1. The van der Waals surface area contributed by atoms with Crippen LogP contribution in [0.3, 0.4) is 0 Å². The molecule has 0 bridgehead atoms. The van der Waals surface area contributed by atoms with Gasteiger partial charge in [0.1, 0.15) is 5.75 Å². The molecule has 0 aromatic heterocycles. The van der Waals surface area contributed by atoms with E-state index in [1.54, 1.807) is 11.8 Å². The van der Waals surface area contributed by atoms with Crippen molar-refractivity contribution in [2.75, 3.05) is 6.26 Å². The largest absolute Gasteiger partial charge is 0.508 e. The first-order chi connectivity index (χ1) is 8.53. The van der Waals surface area contributed by atoms with E-state index in [1.165, 1.54) is 24.3 Å². The molecule has 2 unspecified atom stereocenters. The minimum atomic E-state index is -3.48. The van der Waals surface area contributed by atoms with Crippen molar-refractivity contribution < 1.29 is 13.5 Å². The van der Waals surface area contributed by atoms with Gasteiger partial charge in [-0.15, -0.1) is 0 Å². The molecule has 0 heterocycles. The highest BCUT2D eigenvalue weighted by molar-refractivity contribution is 7.99. The van der Waals surface area contributed by atoms with Crippen LogP contribution in [0.2, 0.25) is 0 Å². The Morgan fingerprint density at radius 2 is 1.94 bits per heavy atom. The van der Waals surface area contributed by atoms with Gasteiger partial charge in [-0.3, -0.25) is 0 Å². The standard InChI is InChI=1S/C12H17NO3S2/c1-17-12-4-2-3-11(12)13-18(15,16)10-7-5-9(14)6-8-10/h5-8,11-14H,2-4H2,1H3. The smallest absolute Gasteiger partial charge is 0.240 e. The molecule has 6 heteroatoms. The van der Waals surface area contributed by atoms with Gasteiger partial charge in [-0.05, 0) is 43.4 Å². The van der Waals surface area contributed by atoms with Crippen molar-refractivity contribution in [2.45, 2.75) is 35.4 Å². The molecule has 1 aliphatic carbocycles. The highest BCUT2D eigenvalue weighted by Gasteiger charge is 2.30. The predicted molar refractivity (Wildman–Crippen MR) is 73.4 cm³/mol. The molecule has 0 amide bonds. The van der Waals surface area contributed by atoms with Gasteiger partial charge < -0.3 is 5.11 Å². The van der Waals surface area contributed by atoms with Crippen molar-refractivity contribution in [3.05, 3.63) is 24.3 Å². The number of hydrogen-bond donors (Lipinski definition) is 2. The summed E-state index contributed by atoms with van der Waals surface area (Å²) in [5.41, 5.74) is 0. The Bertz CT molecular complexity index is 499. The first-order valence-corrected chi connectivity index (χ1v) is 8.64. The van der Waals surface area contributed by atoms with Crippen LogP contribution < -0.4 is 4.72 Å². The van der Waals surface area contributed by atoms with Crippen LogP contribution in [0.15, 0.2) is 29.2 Å². The van der Waals surface area contributed by atoms with Crippen LogP contribution in [0, 0.1) is 0 Å². The van der Waals surface area contributed by atoms with E-state index < -0.39 is 10.0 Å². The Balaban J connectivity index is 2.14. The molecule has 1 aliphatic rings. The summed E-state index contributed by atoms with van der Waals surface area (Å²) in [6, 6.07) is 5.62. The van der Waals surface area contributed by atoms with E-state index in [9.17, 15) is 8.42 Å². The number of hydrogen-bond acceptors (Lipinski definition) is 4. The molecule has 0 aliphatic heterocycles. The summed E-state index contributed by atoms with van der Waals surface area (Å²) in [6.07, 6.45) is 5.03. The van der Waals surface area contributed by atoms with Gasteiger partial charge in [0, 0.05) is 11.3 Å². The molecule has 0 spiro atoms. The van der Waals surface area contributed by atoms with E-state index in [4.69, 9.17) is 5.11 Å². The first-order valence-electron chi connectivity index (χ1n) is 5.87. The maximum absolute atomic E-state index is 12.2. The Morgan fingerprint density at radius 3 is 2.56 bits per heavy atom. The van der Waals surface area contributed by atoms with Crippen LogP contribution in [-0.2, 0) is 10.0 Å². The summed E-state index contributed by atoms with van der Waals surface area (Å²) >= 11 is 1.71. The van der Waals surface area contributed by atoms with Gasteiger partial charge in [0.25, 0.3) is 0 Å². The molecule has 2 rings (SSSR count). The minimum Gasteiger partial charge on any atom is -0.508 e. The summed E-state index contributed by atoms with van der Waals surface area (Å²) in [5, 5.41) is 9.53. The molecule has 0 radical (unpaired) electrons. The zero-order chi connectivity index (χ0) is 13.2. The zero-order valence-electron chi connectivity index (χ0n) is 10.2. The van der Waals surface area contributed by atoms with E-state index in [0.29, 0.717) is 5.25 Å². The van der Waals surface area contributed by atoms with Gasteiger partial charge in [-0.25, -0.2) is 13.1 Å². The molecule has 18 heavy (non-hydrogen) atoms. The predicted octanol–water partition coefficient (Wildman–Crippen LogP) is 1.95. The normalized spacial score (nSPS) is 24.3. The Morgan fingerprint density at radius 1 is 1.28 bits per heavy atom. The van der Waals surface area contributed by atoms with Crippen molar-refractivity contribution in [3.63, 3.8) is 0 Å². The van der Waals surface area contributed by atoms with Crippen LogP contribution in [0.25, 0.3) is 0 Å². The van der Waals surface area contributed by atoms with E-state index in [1.807, 2.05) is 6.26 Å². The van der Waals surface area contributed by atoms with E-state index >= 15 is 0 Å². The Hall–Kier alpha value is -0.720. The van der Waals surface area contributed by atoms with E-state index in [0.717, 1.165) is 19.3 Å². The number of aromatic hydroxyl groups is 1. The first kappa shape index (κ1) is 13.7. The zero-order valence-corrected chi connectivity index (χ0v) is 11.8. The summed E-state index contributed by atoms with van der Waals surface area (Å²) in [5.74, 6) is 0.0665. The SMILES string of the molecule is CSC1CCCC1NS(=O)(=O)c1ccc(O)cc1. The van der Waals surface area contributed by atoms with Crippen molar-refractivity contribution in [2.24, 2.45) is 0 Å². The number of sulfonamides is 1. The number of phenolic OH excluding ortho intramolecular Hbond substituents is 1. The lowest BCUT2D eigenvalue weighted by Crippen LogP contribution is -2.38. The molecule has 1 saturated carbocycles. The highest BCUT2D eigenvalue weighted by Crippen LogP contribution is 2.29. The molecule has 1 aromatic carbocycles. The van der Waals surface area contributed by atoms with Crippen LogP contribution in [-0.4, -0.2) is 31.1 Å².